The number of hydrogen-bond donors (Lipinski definition) is 0. The summed E-state index contributed by atoms with van der Waals surface area (Å²) in [6.45, 7) is 0.893. The zero-order chi connectivity index (χ0) is 9.26. The second-order valence-corrected chi connectivity index (χ2v) is 4.65. The van der Waals surface area contributed by atoms with Crippen molar-refractivity contribution in [2.75, 3.05) is 12.3 Å². The van der Waals surface area contributed by atoms with Crippen LogP contribution in [-0.2, 0) is 0 Å². The van der Waals surface area contributed by atoms with Crippen molar-refractivity contribution in [3.8, 4) is 0 Å². The normalized spacial score (nSPS) is 16.0. The molecule has 0 bridgehead atoms. The van der Waals surface area contributed by atoms with Crippen molar-refractivity contribution in [1.82, 2.24) is 0 Å². The van der Waals surface area contributed by atoms with E-state index in [4.69, 9.17) is 23.2 Å². The standard InChI is InChI=1S/C9H7Cl2NS/c10-7-3-6(4-8(11)5-7)9-12-1-2-13-9/h3-5H,1-2H2. The average Bonchev–Trinajstić information content (AvgIpc) is 2.53. The summed E-state index contributed by atoms with van der Waals surface area (Å²) >= 11 is 13.5. The van der Waals surface area contributed by atoms with Gasteiger partial charge in [-0.2, -0.15) is 0 Å². The molecule has 1 aliphatic rings. The second kappa shape index (κ2) is 3.91. The molecule has 13 heavy (non-hydrogen) atoms. The number of benzene rings is 1. The second-order valence-electron chi connectivity index (χ2n) is 2.69. The fraction of sp³-hybridized carbons (Fsp3) is 0.222. The highest BCUT2D eigenvalue weighted by atomic mass is 35.5. The maximum absolute atomic E-state index is 5.88. The molecule has 1 aliphatic heterocycles. The van der Waals surface area contributed by atoms with E-state index in [1.54, 1.807) is 17.8 Å². The van der Waals surface area contributed by atoms with Crippen LogP contribution in [0.15, 0.2) is 23.2 Å². The number of thioether (sulfide) groups is 1. The average molecular weight is 232 g/mol. The summed E-state index contributed by atoms with van der Waals surface area (Å²) in [5.74, 6) is 1.06. The Bertz CT molecular complexity index is 342. The van der Waals surface area contributed by atoms with Crippen LogP contribution in [0.4, 0.5) is 0 Å². The van der Waals surface area contributed by atoms with Crippen molar-refractivity contribution >= 4 is 40.0 Å². The predicted octanol–water partition coefficient (Wildman–Crippen LogP) is 3.49. The van der Waals surface area contributed by atoms with Crippen molar-refractivity contribution in [3.63, 3.8) is 0 Å². The Morgan fingerprint density at radius 2 is 1.85 bits per heavy atom. The van der Waals surface area contributed by atoms with Crippen molar-refractivity contribution in [2.24, 2.45) is 4.99 Å². The summed E-state index contributed by atoms with van der Waals surface area (Å²) in [6, 6.07) is 5.52. The Balaban J connectivity index is 2.39. The molecule has 4 heteroatoms. The molecule has 0 atom stereocenters. The van der Waals surface area contributed by atoms with Gasteiger partial charge in [0.2, 0.25) is 0 Å². The minimum absolute atomic E-state index is 0.665. The Morgan fingerprint density at radius 1 is 1.15 bits per heavy atom. The van der Waals surface area contributed by atoms with Gasteiger partial charge >= 0.3 is 0 Å². The van der Waals surface area contributed by atoms with E-state index in [1.807, 2.05) is 12.1 Å². The van der Waals surface area contributed by atoms with Crippen LogP contribution in [0.3, 0.4) is 0 Å². The summed E-state index contributed by atoms with van der Waals surface area (Å²) in [6.07, 6.45) is 0. The van der Waals surface area contributed by atoms with E-state index >= 15 is 0 Å². The minimum atomic E-state index is 0.665. The Morgan fingerprint density at radius 3 is 2.38 bits per heavy atom. The van der Waals surface area contributed by atoms with Crippen LogP contribution in [0.2, 0.25) is 10.0 Å². The quantitative estimate of drug-likeness (QED) is 0.721. The summed E-state index contributed by atoms with van der Waals surface area (Å²) in [4.78, 5) is 4.35. The first kappa shape index (κ1) is 9.38. The molecule has 0 fully saturated rings. The molecule has 0 aromatic heterocycles. The topological polar surface area (TPSA) is 12.4 Å². The van der Waals surface area contributed by atoms with Gasteiger partial charge in [0.15, 0.2) is 0 Å². The third-order valence-electron chi connectivity index (χ3n) is 1.69. The molecule has 0 spiro atoms. The predicted molar refractivity (Wildman–Crippen MR) is 60.3 cm³/mol. The van der Waals surface area contributed by atoms with Crippen LogP contribution in [0.25, 0.3) is 0 Å². The molecule has 0 unspecified atom stereocenters. The Labute approximate surface area is 91.1 Å². The van der Waals surface area contributed by atoms with Gasteiger partial charge in [0.25, 0.3) is 0 Å². The van der Waals surface area contributed by atoms with Crippen molar-refractivity contribution < 1.29 is 0 Å². The van der Waals surface area contributed by atoms with E-state index in [2.05, 4.69) is 4.99 Å². The Kier molecular flexibility index (Phi) is 2.82. The first-order valence-electron chi connectivity index (χ1n) is 3.89. The first-order chi connectivity index (χ1) is 6.25. The zero-order valence-electron chi connectivity index (χ0n) is 6.76. The SMILES string of the molecule is Clc1cc(Cl)cc(C2=NCCS2)c1. The van der Waals surface area contributed by atoms with Crippen LogP contribution in [0.5, 0.6) is 0 Å². The van der Waals surface area contributed by atoms with Crippen molar-refractivity contribution in [2.45, 2.75) is 0 Å². The molecular formula is C9H7Cl2NS. The maximum Gasteiger partial charge on any atom is 0.0978 e. The lowest BCUT2D eigenvalue weighted by Crippen LogP contribution is -1.91. The van der Waals surface area contributed by atoms with Crippen LogP contribution in [-0.4, -0.2) is 17.3 Å². The van der Waals surface area contributed by atoms with Gasteiger partial charge in [-0.05, 0) is 18.2 Å². The molecule has 0 saturated carbocycles. The van der Waals surface area contributed by atoms with E-state index in [0.29, 0.717) is 10.0 Å². The van der Waals surface area contributed by atoms with Crippen LogP contribution < -0.4 is 0 Å². The number of aliphatic imine (C=N–C) groups is 1. The summed E-state index contributed by atoms with van der Waals surface area (Å²) in [7, 11) is 0. The van der Waals surface area contributed by atoms with Crippen LogP contribution >= 0.6 is 35.0 Å². The molecule has 1 aromatic rings. The van der Waals surface area contributed by atoms with Gasteiger partial charge in [-0.1, -0.05) is 23.2 Å². The molecule has 1 aromatic carbocycles. The summed E-state index contributed by atoms with van der Waals surface area (Å²) < 4.78 is 0. The van der Waals surface area contributed by atoms with Gasteiger partial charge in [0, 0.05) is 27.9 Å². The van der Waals surface area contributed by atoms with Crippen LogP contribution in [0.1, 0.15) is 5.56 Å². The highest BCUT2D eigenvalue weighted by Gasteiger charge is 2.10. The van der Waals surface area contributed by atoms with E-state index in [1.165, 1.54) is 0 Å². The van der Waals surface area contributed by atoms with E-state index in [0.717, 1.165) is 22.9 Å². The largest absolute Gasteiger partial charge is 0.277 e. The van der Waals surface area contributed by atoms with Gasteiger partial charge in [0.05, 0.1) is 5.04 Å². The summed E-state index contributed by atoms with van der Waals surface area (Å²) in [5, 5.41) is 2.37. The highest BCUT2D eigenvalue weighted by Crippen LogP contribution is 2.25. The summed E-state index contributed by atoms with van der Waals surface area (Å²) in [5.41, 5.74) is 1.03. The minimum Gasteiger partial charge on any atom is -0.277 e. The van der Waals surface area contributed by atoms with E-state index in [-0.39, 0.29) is 0 Å². The third-order valence-corrected chi connectivity index (χ3v) is 3.16. The lowest BCUT2D eigenvalue weighted by atomic mass is 10.2. The fourth-order valence-electron chi connectivity index (χ4n) is 1.19. The number of halogens is 2. The molecule has 68 valence electrons. The number of rotatable bonds is 1. The van der Waals surface area contributed by atoms with Gasteiger partial charge in [-0.3, -0.25) is 4.99 Å². The molecule has 2 rings (SSSR count). The molecule has 0 radical (unpaired) electrons. The Hall–Kier alpha value is -0.180. The van der Waals surface area contributed by atoms with Gasteiger partial charge in [0.1, 0.15) is 0 Å². The van der Waals surface area contributed by atoms with Crippen LogP contribution in [0, 0.1) is 0 Å². The third kappa shape index (κ3) is 2.19. The van der Waals surface area contributed by atoms with E-state index < -0.39 is 0 Å². The molecule has 1 nitrogen and oxygen atoms in total. The number of hydrogen-bond acceptors (Lipinski definition) is 2. The maximum atomic E-state index is 5.88. The lowest BCUT2D eigenvalue weighted by Gasteiger charge is -2.01. The monoisotopic (exact) mass is 231 g/mol. The van der Waals surface area contributed by atoms with Crippen molar-refractivity contribution in [3.05, 3.63) is 33.8 Å². The molecule has 0 saturated heterocycles. The van der Waals surface area contributed by atoms with E-state index in [9.17, 15) is 0 Å². The smallest absolute Gasteiger partial charge is 0.0978 e. The van der Waals surface area contributed by atoms with Crippen molar-refractivity contribution in [1.29, 1.82) is 0 Å². The van der Waals surface area contributed by atoms with Gasteiger partial charge < -0.3 is 0 Å². The highest BCUT2D eigenvalue weighted by molar-refractivity contribution is 8.14. The van der Waals surface area contributed by atoms with Gasteiger partial charge in [-0.15, -0.1) is 11.8 Å². The molecule has 1 heterocycles. The zero-order valence-corrected chi connectivity index (χ0v) is 9.09. The molecule has 0 aliphatic carbocycles. The molecule has 0 amide bonds. The fourth-order valence-corrected chi connectivity index (χ4v) is 2.56. The lowest BCUT2D eigenvalue weighted by molar-refractivity contribution is 1.17. The first-order valence-corrected chi connectivity index (χ1v) is 5.63. The number of nitrogens with zero attached hydrogens (tertiary/aromatic N) is 1. The van der Waals surface area contributed by atoms with Gasteiger partial charge in [-0.25, -0.2) is 0 Å². The molecule has 0 N–H and O–H groups in total. The molecular weight excluding hydrogens is 225 g/mol.